The Morgan fingerprint density at radius 3 is 2.07 bits per heavy atom. The van der Waals surface area contributed by atoms with Crippen LogP contribution in [0.25, 0.3) is 0 Å². The molecular formula is C31H42F6N4O5. The molecule has 0 saturated carbocycles. The molecule has 1 aromatic rings. The van der Waals surface area contributed by atoms with Gasteiger partial charge in [0.25, 0.3) is 0 Å². The number of benzene rings is 1. The van der Waals surface area contributed by atoms with Crippen LogP contribution in [0.1, 0.15) is 74.8 Å². The predicted molar refractivity (Wildman–Crippen MR) is 155 cm³/mol. The summed E-state index contributed by atoms with van der Waals surface area (Å²) in [6, 6.07) is 7.78. The number of halogens is 6. The van der Waals surface area contributed by atoms with Gasteiger partial charge in [-0.3, -0.25) is 14.4 Å². The Labute approximate surface area is 264 Å². The summed E-state index contributed by atoms with van der Waals surface area (Å²) in [5.41, 5.74) is 2.29. The van der Waals surface area contributed by atoms with E-state index in [4.69, 9.17) is 4.74 Å². The van der Waals surface area contributed by atoms with Crippen LogP contribution in [0.3, 0.4) is 0 Å². The van der Waals surface area contributed by atoms with Gasteiger partial charge >= 0.3 is 30.1 Å². The predicted octanol–water partition coefficient (Wildman–Crippen LogP) is 4.29. The Kier molecular flexibility index (Phi) is 13.3. The zero-order valence-electron chi connectivity index (χ0n) is 25.9. The Hall–Kier alpha value is -3.36. The molecule has 46 heavy (non-hydrogen) atoms. The van der Waals surface area contributed by atoms with E-state index in [2.05, 4.69) is 29.4 Å². The number of nitrogens with zero attached hydrogens (tertiary/aromatic N) is 1. The number of aryl methyl sites for hydroxylation is 1. The van der Waals surface area contributed by atoms with Crippen LogP contribution in [-0.2, 0) is 23.9 Å². The summed E-state index contributed by atoms with van der Waals surface area (Å²) < 4.78 is 80.1. The van der Waals surface area contributed by atoms with Gasteiger partial charge in [0, 0.05) is 37.5 Å². The van der Waals surface area contributed by atoms with E-state index in [-0.39, 0.29) is 76.1 Å². The molecule has 2 saturated heterocycles. The zero-order valence-corrected chi connectivity index (χ0v) is 25.9. The molecule has 3 unspecified atom stereocenters. The van der Waals surface area contributed by atoms with Crippen LogP contribution in [0.5, 0.6) is 0 Å². The number of carbonyl (C=O) groups is 4. The maximum atomic E-state index is 13.3. The zero-order chi connectivity index (χ0) is 34.1. The maximum Gasteiger partial charge on any atom is 0.471 e. The minimum atomic E-state index is -5.02. The van der Waals surface area contributed by atoms with Crippen LogP contribution in [0, 0.1) is 12.8 Å². The van der Waals surface area contributed by atoms with E-state index in [1.54, 1.807) is 10.6 Å². The summed E-state index contributed by atoms with van der Waals surface area (Å²) in [6.07, 6.45) is -6.72. The molecule has 0 spiro atoms. The molecule has 0 aromatic heterocycles. The Bertz CT molecular complexity index is 1190. The second kappa shape index (κ2) is 16.5. The molecule has 3 rings (SSSR count). The Morgan fingerprint density at radius 2 is 1.48 bits per heavy atom. The fraction of sp³-hybridized carbons (Fsp3) is 0.677. The van der Waals surface area contributed by atoms with Gasteiger partial charge < -0.3 is 25.6 Å². The van der Waals surface area contributed by atoms with Crippen LogP contribution in [0.15, 0.2) is 24.3 Å². The van der Waals surface area contributed by atoms with Gasteiger partial charge in [-0.25, -0.2) is 4.79 Å². The Balaban J connectivity index is 1.59. The largest absolute Gasteiger partial charge is 0.471 e. The summed E-state index contributed by atoms with van der Waals surface area (Å²) in [4.78, 5) is 50.3. The molecular weight excluding hydrogens is 622 g/mol. The van der Waals surface area contributed by atoms with Gasteiger partial charge in [0.2, 0.25) is 5.91 Å². The van der Waals surface area contributed by atoms with Crippen molar-refractivity contribution >= 4 is 23.7 Å². The number of ether oxygens (including phenoxy) is 1. The van der Waals surface area contributed by atoms with Crippen LogP contribution in [-0.4, -0.2) is 85.8 Å². The lowest BCUT2D eigenvalue weighted by molar-refractivity contribution is -0.173. The van der Waals surface area contributed by atoms with E-state index in [1.165, 1.54) is 0 Å². The number of hydrogen-bond acceptors (Lipinski definition) is 6. The quantitative estimate of drug-likeness (QED) is 0.147. The monoisotopic (exact) mass is 664 g/mol. The SMILES string of the molecule is Cc1ccc([C@H]2C[C@H]3CCC(C2COC(=O)C(CCCCNC(=O)C(F)(F)F)NC(=O)CCCCNC(=O)C(F)(F)F)N3C)cc1. The standard InChI is InChI=1S/C31H42F6N4O5/c1-19-9-11-20(12-10-19)22-17-21-13-14-25(41(21)2)23(22)18-46-27(43)24(7-3-5-15-38-28(44)30(32,33)34)40-26(42)8-4-6-16-39-29(45)31(35,36)37/h9-12,21-25H,3-8,13-18H2,1-2H3,(H,38,44)(H,39,45)(H,40,42)/t21-,22-,23?,24?,25?/m1/s1. The summed E-state index contributed by atoms with van der Waals surface area (Å²) in [6.45, 7) is 1.53. The van der Waals surface area contributed by atoms with Gasteiger partial charge in [0.1, 0.15) is 6.04 Å². The molecule has 2 heterocycles. The topological polar surface area (TPSA) is 117 Å². The number of carbonyl (C=O) groups excluding carboxylic acids is 4. The molecule has 258 valence electrons. The van der Waals surface area contributed by atoms with Gasteiger partial charge in [-0.15, -0.1) is 0 Å². The average molecular weight is 665 g/mol. The molecule has 2 bridgehead atoms. The van der Waals surface area contributed by atoms with E-state index in [0.29, 0.717) is 6.04 Å². The lowest BCUT2D eigenvalue weighted by Crippen LogP contribution is -2.48. The molecule has 9 nitrogen and oxygen atoms in total. The number of esters is 1. The van der Waals surface area contributed by atoms with Crippen molar-refractivity contribution in [1.29, 1.82) is 0 Å². The summed E-state index contributed by atoms with van der Waals surface area (Å²) in [5, 5.41) is 6.07. The lowest BCUT2D eigenvalue weighted by Gasteiger charge is -2.43. The van der Waals surface area contributed by atoms with Gasteiger partial charge in [0.15, 0.2) is 0 Å². The fourth-order valence-corrected chi connectivity index (χ4v) is 6.28. The van der Waals surface area contributed by atoms with Crippen molar-refractivity contribution in [3.8, 4) is 0 Å². The van der Waals surface area contributed by atoms with Crippen molar-refractivity contribution in [1.82, 2.24) is 20.9 Å². The van der Waals surface area contributed by atoms with Crippen molar-refractivity contribution in [2.75, 3.05) is 26.7 Å². The minimum absolute atomic E-state index is 0.00347. The first-order chi connectivity index (χ1) is 21.6. The third-order valence-electron chi connectivity index (χ3n) is 8.81. The first kappa shape index (κ1) is 37.1. The normalized spacial score (nSPS) is 22.2. The van der Waals surface area contributed by atoms with E-state index in [1.807, 2.05) is 19.1 Å². The highest BCUT2D eigenvalue weighted by molar-refractivity contribution is 5.84. The third-order valence-corrected chi connectivity index (χ3v) is 8.81. The minimum Gasteiger partial charge on any atom is -0.464 e. The first-order valence-corrected chi connectivity index (χ1v) is 15.5. The van der Waals surface area contributed by atoms with E-state index < -0.39 is 42.1 Å². The number of unbranched alkanes of at least 4 members (excludes halogenated alkanes) is 2. The molecule has 1 aromatic carbocycles. The highest BCUT2D eigenvalue weighted by Crippen LogP contribution is 2.46. The summed E-state index contributed by atoms with van der Waals surface area (Å²) in [5.74, 6) is -5.26. The molecule has 2 aliphatic rings. The molecule has 2 fully saturated rings. The van der Waals surface area contributed by atoms with E-state index in [0.717, 1.165) is 30.4 Å². The molecule has 2 aliphatic heterocycles. The van der Waals surface area contributed by atoms with Crippen molar-refractivity contribution in [2.45, 2.75) is 101 Å². The number of nitrogens with one attached hydrogen (secondary N) is 3. The van der Waals surface area contributed by atoms with Crippen LogP contribution in [0.4, 0.5) is 26.3 Å². The lowest BCUT2D eigenvalue weighted by atomic mass is 9.76. The molecule has 3 N–H and O–H groups in total. The maximum absolute atomic E-state index is 13.3. The molecule has 3 amide bonds. The smallest absolute Gasteiger partial charge is 0.464 e. The second-order valence-electron chi connectivity index (χ2n) is 12.1. The second-order valence-corrected chi connectivity index (χ2v) is 12.1. The van der Waals surface area contributed by atoms with Crippen molar-refractivity contribution in [3.63, 3.8) is 0 Å². The number of hydrogen-bond donors (Lipinski definition) is 3. The summed E-state index contributed by atoms with van der Waals surface area (Å²) in [7, 11) is 2.07. The molecule has 5 atom stereocenters. The van der Waals surface area contributed by atoms with Gasteiger partial charge in [-0.1, -0.05) is 29.8 Å². The first-order valence-electron chi connectivity index (χ1n) is 15.5. The number of amides is 3. The molecule has 0 radical (unpaired) electrons. The van der Waals surface area contributed by atoms with Crippen molar-refractivity contribution < 1.29 is 50.3 Å². The fourth-order valence-electron chi connectivity index (χ4n) is 6.28. The van der Waals surface area contributed by atoms with Crippen LogP contribution >= 0.6 is 0 Å². The number of fused-ring (bicyclic) bond motifs is 2. The van der Waals surface area contributed by atoms with Crippen molar-refractivity contribution in [2.24, 2.45) is 5.92 Å². The number of piperidine rings is 1. The molecule has 15 heteroatoms. The highest BCUT2D eigenvalue weighted by Gasteiger charge is 2.46. The van der Waals surface area contributed by atoms with E-state index in [9.17, 15) is 45.5 Å². The van der Waals surface area contributed by atoms with Crippen molar-refractivity contribution in [3.05, 3.63) is 35.4 Å². The van der Waals surface area contributed by atoms with Gasteiger partial charge in [-0.2, -0.15) is 26.3 Å². The van der Waals surface area contributed by atoms with Gasteiger partial charge in [-0.05, 0) is 76.8 Å². The van der Waals surface area contributed by atoms with E-state index >= 15 is 0 Å². The molecule has 0 aliphatic carbocycles. The number of alkyl halides is 6. The van der Waals surface area contributed by atoms with Crippen LogP contribution in [0.2, 0.25) is 0 Å². The third kappa shape index (κ3) is 10.9. The summed E-state index contributed by atoms with van der Waals surface area (Å²) >= 11 is 0. The van der Waals surface area contributed by atoms with Crippen LogP contribution < -0.4 is 16.0 Å². The number of rotatable bonds is 15. The Morgan fingerprint density at radius 1 is 0.891 bits per heavy atom. The average Bonchev–Trinajstić information content (AvgIpc) is 3.22. The highest BCUT2D eigenvalue weighted by atomic mass is 19.4. The van der Waals surface area contributed by atoms with Gasteiger partial charge in [0.05, 0.1) is 6.61 Å².